The van der Waals surface area contributed by atoms with Crippen molar-refractivity contribution in [1.29, 1.82) is 5.26 Å². The lowest BCUT2D eigenvalue weighted by Gasteiger charge is -2.12. The summed E-state index contributed by atoms with van der Waals surface area (Å²) in [5.41, 5.74) is 6.38. The number of benzene rings is 1. The number of carbonyl (C=O) groups excluding carboxylic acids is 1. The number of carbonyl (C=O) groups is 1. The van der Waals surface area contributed by atoms with E-state index in [0.29, 0.717) is 25.2 Å². The Labute approximate surface area is 128 Å². The van der Waals surface area contributed by atoms with E-state index in [1.807, 2.05) is 30.3 Å². The Morgan fingerprint density at radius 1 is 1.36 bits per heavy atom. The molecule has 22 heavy (non-hydrogen) atoms. The smallest absolute Gasteiger partial charge is 0.288 e. The van der Waals surface area contributed by atoms with Crippen molar-refractivity contribution in [1.82, 2.24) is 14.8 Å². The molecule has 0 radical (unpaired) electrons. The molecule has 1 amide bonds. The molecule has 0 unspecified atom stereocenters. The third kappa shape index (κ3) is 2.98. The highest BCUT2D eigenvalue weighted by molar-refractivity contribution is 5.88. The molecule has 0 saturated heterocycles. The van der Waals surface area contributed by atoms with Gasteiger partial charge in [0.2, 0.25) is 5.82 Å². The number of hydrogen-bond donors (Lipinski definition) is 1. The maximum atomic E-state index is 11.4. The van der Waals surface area contributed by atoms with Crippen LogP contribution in [0.4, 0.5) is 0 Å². The lowest BCUT2D eigenvalue weighted by atomic mass is 10.0. The highest BCUT2D eigenvalue weighted by Gasteiger charge is 2.43. The van der Waals surface area contributed by atoms with Gasteiger partial charge < -0.3 is 5.73 Å². The SMILES string of the molecule is N#CCC1(Cn2nc(C(N)=O)nc2Cc2ccccc2)CC1. The summed E-state index contributed by atoms with van der Waals surface area (Å²) in [4.78, 5) is 15.6. The van der Waals surface area contributed by atoms with Gasteiger partial charge in [-0.05, 0) is 18.4 Å². The second-order valence-corrected chi connectivity index (χ2v) is 5.87. The predicted molar refractivity (Wildman–Crippen MR) is 79.7 cm³/mol. The quantitative estimate of drug-likeness (QED) is 0.876. The number of primary amides is 1. The molecule has 3 rings (SSSR count). The summed E-state index contributed by atoms with van der Waals surface area (Å²) in [5.74, 6) is 0.126. The molecular weight excluding hydrogens is 278 g/mol. The van der Waals surface area contributed by atoms with Crippen LogP contribution in [-0.2, 0) is 13.0 Å². The van der Waals surface area contributed by atoms with Crippen molar-refractivity contribution in [2.24, 2.45) is 11.1 Å². The summed E-state index contributed by atoms with van der Waals surface area (Å²) >= 11 is 0. The predicted octanol–water partition coefficient (Wildman–Crippen LogP) is 1.66. The molecule has 1 aliphatic carbocycles. The molecule has 1 saturated carbocycles. The van der Waals surface area contributed by atoms with E-state index in [0.717, 1.165) is 18.4 Å². The first kappa shape index (κ1) is 14.3. The first-order valence-electron chi connectivity index (χ1n) is 7.26. The minimum Gasteiger partial charge on any atom is -0.363 e. The van der Waals surface area contributed by atoms with Crippen LogP contribution in [0.3, 0.4) is 0 Å². The van der Waals surface area contributed by atoms with Gasteiger partial charge in [0, 0.05) is 24.8 Å². The zero-order chi connectivity index (χ0) is 15.6. The zero-order valence-electron chi connectivity index (χ0n) is 12.2. The molecule has 0 aliphatic heterocycles. The lowest BCUT2D eigenvalue weighted by Crippen LogP contribution is -2.17. The van der Waals surface area contributed by atoms with Crippen molar-refractivity contribution in [2.45, 2.75) is 32.2 Å². The zero-order valence-corrected chi connectivity index (χ0v) is 12.2. The fraction of sp³-hybridized carbons (Fsp3) is 0.375. The monoisotopic (exact) mass is 295 g/mol. The molecule has 6 heteroatoms. The number of amides is 1. The third-order valence-electron chi connectivity index (χ3n) is 4.07. The number of rotatable bonds is 6. The second kappa shape index (κ2) is 5.60. The summed E-state index contributed by atoms with van der Waals surface area (Å²) < 4.78 is 1.75. The van der Waals surface area contributed by atoms with Gasteiger partial charge in [0.15, 0.2) is 0 Å². The minimum atomic E-state index is -0.627. The molecule has 6 nitrogen and oxygen atoms in total. The van der Waals surface area contributed by atoms with Crippen LogP contribution in [-0.4, -0.2) is 20.7 Å². The van der Waals surface area contributed by atoms with E-state index in [4.69, 9.17) is 11.0 Å². The van der Waals surface area contributed by atoms with Crippen LogP contribution < -0.4 is 5.73 Å². The Balaban J connectivity index is 1.87. The van der Waals surface area contributed by atoms with Gasteiger partial charge in [-0.25, -0.2) is 9.67 Å². The summed E-state index contributed by atoms with van der Waals surface area (Å²) in [7, 11) is 0. The number of nitrogens with zero attached hydrogens (tertiary/aromatic N) is 4. The Morgan fingerprint density at radius 2 is 2.09 bits per heavy atom. The molecule has 1 heterocycles. The molecule has 1 aromatic heterocycles. The average molecular weight is 295 g/mol. The molecule has 0 spiro atoms. The van der Waals surface area contributed by atoms with E-state index in [1.165, 1.54) is 0 Å². The first-order valence-corrected chi connectivity index (χ1v) is 7.26. The Morgan fingerprint density at radius 3 is 2.68 bits per heavy atom. The van der Waals surface area contributed by atoms with Crippen molar-refractivity contribution in [3.05, 3.63) is 47.5 Å². The lowest BCUT2D eigenvalue weighted by molar-refractivity contribution is 0.0990. The van der Waals surface area contributed by atoms with Crippen molar-refractivity contribution in [2.75, 3.05) is 0 Å². The minimum absolute atomic E-state index is 0.0111. The molecule has 2 aromatic rings. The molecule has 0 bridgehead atoms. The Bertz CT molecular complexity index is 725. The second-order valence-electron chi connectivity index (χ2n) is 5.87. The number of nitrogens with two attached hydrogens (primary N) is 1. The Kier molecular flexibility index (Phi) is 3.63. The third-order valence-corrected chi connectivity index (χ3v) is 4.07. The van der Waals surface area contributed by atoms with Gasteiger partial charge in [-0.15, -0.1) is 5.10 Å². The van der Waals surface area contributed by atoms with Gasteiger partial charge in [-0.3, -0.25) is 4.79 Å². The summed E-state index contributed by atoms with van der Waals surface area (Å²) in [5, 5.41) is 13.2. The van der Waals surface area contributed by atoms with E-state index >= 15 is 0 Å². The van der Waals surface area contributed by atoms with Crippen LogP contribution in [0, 0.1) is 16.7 Å². The van der Waals surface area contributed by atoms with Crippen molar-refractivity contribution >= 4 is 5.91 Å². The van der Waals surface area contributed by atoms with Crippen molar-refractivity contribution < 1.29 is 4.79 Å². The van der Waals surface area contributed by atoms with Crippen LogP contribution >= 0.6 is 0 Å². The average Bonchev–Trinajstić information content (AvgIpc) is 3.14. The maximum Gasteiger partial charge on any atom is 0.288 e. The van der Waals surface area contributed by atoms with E-state index < -0.39 is 5.91 Å². The number of aromatic nitrogens is 3. The molecule has 1 aromatic carbocycles. The van der Waals surface area contributed by atoms with Gasteiger partial charge in [0.05, 0.1) is 6.07 Å². The molecule has 1 aliphatic rings. The molecule has 0 atom stereocenters. The summed E-state index contributed by atoms with van der Waals surface area (Å²) in [6.45, 7) is 0.614. The van der Waals surface area contributed by atoms with Crippen LogP contribution in [0.15, 0.2) is 30.3 Å². The largest absolute Gasteiger partial charge is 0.363 e. The van der Waals surface area contributed by atoms with Crippen molar-refractivity contribution in [3.63, 3.8) is 0 Å². The fourth-order valence-corrected chi connectivity index (χ4v) is 2.57. The van der Waals surface area contributed by atoms with Crippen molar-refractivity contribution in [3.8, 4) is 6.07 Å². The normalized spacial score (nSPS) is 15.2. The first-order chi connectivity index (χ1) is 10.6. The fourth-order valence-electron chi connectivity index (χ4n) is 2.57. The molecule has 1 fully saturated rings. The van der Waals surface area contributed by atoms with Gasteiger partial charge >= 0.3 is 0 Å². The molecular formula is C16H17N5O. The van der Waals surface area contributed by atoms with Gasteiger partial charge in [0.25, 0.3) is 5.91 Å². The van der Waals surface area contributed by atoms with Crippen LogP contribution in [0.1, 0.15) is 41.3 Å². The highest BCUT2D eigenvalue weighted by Crippen LogP contribution is 2.50. The van der Waals surface area contributed by atoms with Crippen LogP contribution in [0.5, 0.6) is 0 Å². The van der Waals surface area contributed by atoms with Gasteiger partial charge in [-0.2, -0.15) is 5.26 Å². The Hall–Kier alpha value is -2.68. The van der Waals surface area contributed by atoms with Gasteiger partial charge in [0.1, 0.15) is 5.82 Å². The van der Waals surface area contributed by atoms with Crippen LogP contribution in [0.2, 0.25) is 0 Å². The van der Waals surface area contributed by atoms with Gasteiger partial charge in [-0.1, -0.05) is 30.3 Å². The highest BCUT2D eigenvalue weighted by atomic mass is 16.1. The van der Waals surface area contributed by atoms with Crippen LogP contribution in [0.25, 0.3) is 0 Å². The van der Waals surface area contributed by atoms with E-state index in [1.54, 1.807) is 4.68 Å². The number of nitriles is 1. The maximum absolute atomic E-state index is 11.4. The molecule has 112 valence electrons. The topological polar surface area (TPSA) is 97.6 Å². The van der Waals surface area contributed by atoms with E-state index in [2.05, 4.69) is 16.2 Å². The summed E-state index contributed by atoms with van der Waals surface area (Å²) in [6, 6.07) is 12.1. The van der Waals surface area contributed by atoms with E-state index in [9.17, 15) is 4.79 Å². The summed E-state index contributed by atoms with van der Waals surface area (Å²) in [6.07, 6.45) is 3.11. The van der Waals surface area contributed by atoms with E-state index in [-0.39, 0.29) is 11.2 Å². The standard InChI is InChI=1S/C16H17N5O/c17-9-8-16(6-7-16)11-21-13(19-15(20-21)14(18)22)10-12-4-2-1-3-5-12/h1-5H,6-8,10-11H2,(H2,18,22). The molecule has 2 N–H and O–H groups in total. The number of hydrogen-bond acceptors (Lipinski definition) is 4.